The fraction of sp³-hybridized carbons (Fsp3) is 0.370. The molecule has 29 heavy (non-hydrogen) atoms. The third-order valence-electron chi connectivity index (χ3n) is 6.90. The number of pyridine rings is 1. The number of furan rings is 1. The van der Waals surface area contributed by atoms with Crippen molar-refractivity contribution in [1.29, 1.82) is 0 Å². The van der Waals surface area contributed by atoms with E-state index in [0.29, 0.717) is 11.3 Å². The minimum Gasteiger partial charge on any atom is -0.460 e. The Morgan fingerprint density at radius 2 is 1.83 bits per heavy atom. The summed E-state index contributed by atoms with van der Waals surface area (Å²) in [5.41, 5.74) is 7.45. The molecule has 0 spiro atoms. The predicted molar refractivity (Wildman–Crippen MR) is 122 cm³/mol. The number of aryl methyl sites for hydroxylation is 3. The van der Waals surface area contributed by atoms with Gasteiger partial charge in [0.25, 0.3) is 0 Å². The Hall–Kier alpha value is -2.61. The van der Waals surface area contributed by atoms with Gasteiger partial charge in [-0.2, -0.15) is 0 Å². The molecule has 0 saturated heterocycles. The van der Waals surface area contributed by atoms with Crippen molar-refractivity contribution < 1.29 is 4.42 Å². The Labute approximate surface area is 173 Å². The molecule has 148 valence electrons. The summed E-state index contributed by atoms with van der Waals surface area (Å²) < 4.78 is 6.18. The predicted octanol–water partition coefficient (Wildman–Crippen LogP) is 7.87. The molecule has 1 fully saturated rings. The lowest BCUT2D eigenvalue weighted by atomic mass is 9.88. The van der Waals surface area contributed by atoms with Crippen LogP contribution in [0.4, 0.5) is 0 Å². The van der Waals surface area contributed by atoms with E-state index in [1.807, 2.05) is 13.1 Å². The summed E-state index contributed by atoms with van der Waals surface area (Å²) in [4.78, 5) is 4.80. The Bertz CT molecular complexity index is 1240. The third kappa shape index (κ3) is 3.06. The third-order valence-corrected chi connectivity index (χ3v) is 6.90. The number of rotatable bonds is 2. The van der Waals surface area contributed by atoms with Crippen molar-refractivity contribution in [2.24, 2.45) is 5.41 Å². The molecule has 5 rings (SSSR count). The molecule has 2 nitrogen and oxygen atoms in total. The lowest BCUT2D eigenvalue weighted by Crippen LogP contribution is -2.04. The van der Waals surface area contributed by atoms with E-state index < -0.39 is 0 Å². The van der Waals surface area contributed by atoms with Crippen LogP contribution in [0, 0.1) is 26.2 Å². The maximum Gasteiger partial charge on any atom is 0.143 e. The smallest absolute Gasteiger partial charge is 0.143 e. The molecule has 0 N–H and O–H groups in total. The lowest BCUT2D eigenvalue weighted by molar-refractivity contribution is 0.376. The molecule has 2 aromatic heterocycles. The van der Waals surface area contributed by atoms with Crippen LogP contribution in [0.3, 0.4) is 0 Å². The van der Waals surface area contributed by atoms with Gasteiger partial charge in [0.2, 0.25) is 0 Å². The fourth-order valence-corrected chi connectivity index (χ4v) is 5.14. The van der Waals surface area contributed by atoms with Gasteiger partial charge in [-0.15, -0.1) is 0 Å². The summed E-state index contributed by atoms with van der Waals surface area (Å²) in [6.45, 7) is 11.1. The highest BCUT2D eigenvalue weighted by molar-refractivity contribution is 6.03. The highest BCUT2D eigenvalue weighted by Crippen LogP contribution is 2.46. The molecular weight excluding hydrogens is 354 g/mol. The van der Waals surface area contributed by atoms with Crippen LogP contribution >= 0.6 is 0 Å². The van der Waals surface area contributed by atoms with Crippen molar-refractivity contribution in [2.75, 3.05) is 0 Å². The minimum atomic E-state index is 0.463. The van der Waals surface area contributed by atoms with Gasteiger partial charge in [0.1, 0.15) is 11.3 Å². The average molecular weight is 384 g/mol. The molecule has 0 amide bonds. The summed E-state index contributed by atoms with van der Waals surface area (Å²) >= 11 is 0. The number of hydrogen-bond acceptors (Lipinski definition) is 2. The fourth-order valence-electron chi connectivity index (χ4n) is 5.14. The monoisotopic (exact) mass is 383 g/mol. The van der Waals surface area contributed by atoms with Gasteiger partial charge in [-0.1, -0.05) is 32.0 Å². The largest absolute Gasteiger partial charge is 0.460 e. The molecule has 1 aliphatic carbocycles. The zero-order valence-corrected chi connectivity index (χ0v) is 18.1. The summed E-state index contributed by atoms with van der Waals surface area (Å²) in [6, 6.07) is 13.6. The van der Waals surface area contributed by atoms with Gasteiger partial charge in [-0.05, 0) is 91.6 Å². The van der Waals surface area contributed by atoms with Gasteiger partial charge in [-0.25, -0.2) is 0 Å². The standard InChI is InChI=1S/C27H29NO/c1-16-12-23-17(2)18(3)29-26(23)24(13-16)25-22-7-6-19(14-20(22)9-11-28-25)21-8-10-27(4,5)15-21/h6-7,9,11-14,21H,8,10,15H2,1-5H3. The van der Waals surface area contributed by atoms with Crippen LogP contribution in [0.1, 0.15) is 61.5 Å². The quantitative estimate of drug-likeness (QED) is 0.352. The Kier molecular flexibility index (Phi) is 4.10. The van der Waals surface area contributed by atoms with Crippen LogP contribution in [0.2, 0.25) is 0 Å². The number of hydrogen-bond donors (Lipinski definition) is 0. The lowest BCUT2D eigenvalue weighted by Gasteiger charge is -2.18. The van der Waals surface area contributed by atoms with Crippen LogP contribution in [0.5, 0.6) is 0 Å². The molecule has 2 heterocycles. The molecule has 0 radical (unpaired) electrons. The number of aromatic nitrogens is 1. The molecule has 2 aromatic carbocycles. The van der Waals surface area contributed by atoms with E-state index in [4.69, 9.17) is 9.40 Å². The zero-order valence-electron chi connectivity index (χ0n) is 18.1. The number of nitrogens with zero attached hydrogens (tertiary/aromatic N) is 1. The van der Waals surface area contributed by atoms with Crippen molar-refractivity contribution in [3.05, 3.63) is 65.0 Å². The molecule has 1 saturated carbocycles. The number of benzene rings is 2. The maximum atomic E-state index is 6.18. The van der Waals surface area contributed by atoms with Crippen molar-refractivity contribution in [3.63, 3.8) is 0 Å². The van der Waals surface area contributed by atoms with Crippen molar-refractivity contribution >= 4 is 21.7 Å². The second-order valence-corrected chi connectivity index (χ2v) is 9.72. The second-order valence-electron chi connectivity index (χ2n) is 9.72. The first-order valence-electron chi connectivity index (χ1n) is 10.7. The second kappa shape index (κ2) is 6.45. The molecule has 2 heteroatoms. The summed E-state index contributed by atoms with van der Waals surface area (Å²) in [7, 11) is 0. The van der Waals surface area contributed by atoms with Crippen molar-refractivity contribution in [1.82, 2.24) is 4.98 Å². The van der Waals surface area contributed by atoms with E-state index in [0.717, 1.165) is 22.6 Å². The van der Waals surface area contributed by atoms with Gasteiger partial charge < -0.3 is 4.42 Å². The average Bonchev–Trinajstić information content (AvgIpc) is 3.20. The first-order chi connectivity index (χ1) is 13.8. The molecule has 1 unspecified atom stereocenters. The van der Waals surface area contributed by atoms with Gasteiger partial charge in [-0.3, -0.25) is 4.98 Å². The van der Waals surface area contributed by atoms with Gasteiger partial charge >= 0.3 is 0 Å². The highest BCUT2D eigenvalue weighted by Gasteiger charge is 2.31. The number of fused-ring (bicyclic) bond motifs is 2. The van der Waals surface area contributed by atoms with E-state index in [1.54, 1.807) is 0 Å². The first kappa shape index (κ1) is 18.4. The van der Waals surface area contributed by atoms with Gasteiger partial charge in [0, 0.05) is 22.5 Å². The SMILES string of the molecule is Cc1cc(-c2nccc3cc(C4CCC(C)(C)C4)ccc23)c2oc(C)c(C)c2c1. The van der Waals surface area contributed by atoms with E-state index in [9.17, 15) is 0 Å². The van der Waals surface area contributed by atoms with E-state index in [2.05, 4.69) is 64.1 Å². The minimum absolute atomic E-state index is 0.463. The molecular formula is C27H29NO. The summed E-state index contributed by atoms with van der Waals surface area (Å²) in [5, 5.41) is 3.67. The van der Waals surface area contributed by atoms with Crippen LogP contribution in [-0.2, 0) is 0 Å². The summed E-state index contributed by atoms with van der Waals surface area (Å²) in [6.07, 6.45) is 5.83. The molecule has 1 atom stereocenters. The van der Waals surface area contributed by atoms with Crippen molar-refractivity contribution in [2.45, 2.75) is 59.8 Å². The molecule has 0 aliphatic heterocycles. The highest BCUT2D eigenvalue weighted by atomic mass is 16.3. The first-order valence-corrected chi connectivity index (χ1v) is 10.7. The zero-order chi connectivity index (χ0) is 20.3. The van der Waals surface area contributed by atoms with E-state index in [-0.39, 0.29) is 0 Å². The molecule has 4 aromatic rings. The van der Waals surface area contributed by atoms with Crippen LogP contribution in [0.25, 0.3) is 33.0 Å². The Balaban J connectivity index is 1.67. The topological polar surface area (TPSA) is 26.0 Å². The summed E-state index contributed by atoms with van der Waals surface area (Å²) in [5.74, 6) is 1.66. The normalized spacial score (nSPS) is 18.7. The van der Waals surface area contributed by atoms with Gasteiger partial charge in [0.15, 0.2) is 0 Å². The molecule has 0 bridgehead atoms. The Morgan fingerprint density at radius 1 is 1.00 bits per heavy atom. The molecule has 1 aliphatic rings. The van der Waals surface area contributed by atoms with Crippen molar-refractivity contribution in [3.8, 4) is 11.3 Å². The van der Waals surface area contributed by atoms with Gasteiger partial charge in [0.05, 0.1) is 5.69 Å². The van der Waals surface area contributed by atoms with Crippen LogP contribution in [-0.4, -0.2) is 4.98 Å². The van der Waals surface area contributed by atoms with Crippen LogP contribution in [0.15, 0.2) is 47.0 Å². The maximum absolute atomic E-state index is 6.18. The van der Waals surface area contributed by atoms with E-state index >= 15 is 0 Å². The van der Waals surface area contributed by atoms with Crippen LogP contribution < -0.4 is 0 Å². The Morgan fingerprint density at radius 3 is 2.59 bits per heavy atom. The van der Waals surface area contributed by atoms with E-state index in [1.165, 1.54) is 52.1 Å².